The average Bonchev–Trinajstić information content (AvgIpc) is 2.87. The molecule has 0 aliphatic rings. The Morgan fingerprint density at radius 2 is 1.75 bits per heavy atom. The van der Waals surface area contributed by atoms with Crippen LogP contribution in [0.25, 0.3) is 0 Å². The van der Waals surface area contributed by atoms with Crippen LogP contribution >= 0.6 is 11.3 Å². The highest BCUT2D eigenvalue weighted by Crippen LogP contribution is 2.35. The lowest BCUT2D eigenvalue weighted by Crippen LogP contribution is -2.03. The summed E-state index contributed by atoms with van der Waals surface area (Å²) in [4.78, 5) is 3.63. The molecule has 1 rings (SSSR count). The van der Waals surface area contributed by atoms with Gasteiger partial charge in [0.2, 0.25) is 0 Å². The maximum absolute atomic E-state index is 12.4. The van der Waals surface area contributed by atoms with Gasteiger partial charge in [0.05, 0.1) is 11.0 Å². The molecule has 0 spiro atoms. The number of alkyl halides is 3. The Balaban J connectivity index is 2.22. The van der Waals surface area contributed by atoms with Gasteiger partial charge in [0, 0.05) is 6.20 Å². The lowest BCUT2D eigenvalue weighted by atomic mass is 10.1. The highest BCUT2D eigenvalue weighted by atomic mass is 32.1. The van der Waals surface area contributed by atoms with E-state index >= 15 is 0 Å². The molecule has 1 atom stereocenters. The van der Waals surface area contributed by atoms with Crippen LogP contribution in [0, 0.1) is 0 Å². The molecule has 0 fully saturated rings. The first-order chi connectivity index (χ1) is 9.45. The molecule has 1 unspecified atom stereocenters. The Morgan fingerprint density at radius 3 is 2.30 bits per heavy atom. The van der Waals surface area contributed by atoms with Crippen molar-refractivity contribution in [3.05, 3.63) is 16.1 Å². The number of hydrogen-bond acceptors (Lipinski definition) is 3. The van der Waals surface area contributed by atoms with Gasteiger partial charge < -0.3 is 5.11 Å². The number of nitrogens with zero attached hydrogens (tertiary/aromatic N) is 1. The molecule has 0 aliphatic heterocycles. The van der Waals surface area contributed by atoms with E-state index < -0.39 is 17.3 Å². The number of aliphatic hydroxyl groups is 1. The molecule has 6 heteroatoms. The fourth-order valence-corrected chi connectivity index (χ4v) is 2.81. The van der Waals surface area contributed by atoms with Gasteiger partial charge in [-0.2, -0.15) is 13.2 Å². The van der Waals surface area contributed by atoms with Gasteiger partial charge in [-0.25, -0.2) is 4.98 Å². The van der Waals surface area contributed by atoms with E-state index in [0.29, 0.717) is 22.6 Å². The highest BCUT2D eigenvalue weighted by Gasteiger charge is 2.35. The Morgan fingerprint density at radius 1 is 1.15 bits per heavy atom. The van der Waals surface area contributed by atoms with Gasteiger partial charge in [0.15, 0.2) is 5.01 Å². The van der Waals surface area contributed by atoms with Crippen molar-refractivity contribution >= 4 is 11.3 Å². The van der Waals surface area contributed by atoms with E-state index in [1.54, 1.807) is 0 Å². The van der Waals surface area contributed by atoms with E-state index in [2.05, 4.69) is 11.9 Å². The van der Waals surface area contributed by atoms with Crippen LogP contribution in [-0.2, 0) is 6.18 Å². The lowest BCUT2D eigenvalue weighted by molar-refractivity contribution is -0.137. The molecule has 0 saturated carbocycles. The monoisotopic (exact) mass is 309 g/mol. The first-order valence-electron chi connectivity index (χ1n) is 7.16. The van der Waals surface area contributed by atoms with Crippen molar-refractivity contribution in [2.24, 2.45) is 0 Å². The first kappa shape index (κ1) is 17.4. The van der Waals surface area contributed by atoms with Crippen molar-refractivity contribution in [2.45, 2.75) is 70.6 Å². The highest BCUT2D eigenvalue weighted by molar-refractivity contribution is 7.11. The van der Waals surface area contributed by atoms with Crippen molar-refractivity contribution in [1.82, 2.24) is 4.98 Å². The standard InChI is InChI=1S/C14H22F3NOS/c1-2-3-4-5-6-7-8-9-11(19)12-10-18-13(20-12)14(15,16)17/h10-11,19H,2-9H2,1H3. The number of hydrogen-bond donors (Lipinski definition) is 1. The second kappa shape index (κ2) is 8.62. The molecule has 0 bridgehead atoms. The summed E-state index contributed by atoms with van der Waals surface area (Å²) in [6.45, 7) is 2.17. The minimum absolute atomic E-state index is 0.309. The second-order valence-electron chi connectivity index (χ2n) is 4.99. The Bertz CT molecular complexity index is 379. The Labute approximate surface area is 122 Å². The van der Waals surface area contributed by atoms with E-state index in [0.717, 1.165) is 25.5 Å². The van der Waals surface area contributed by atoms with E-state index in [1.165, 1.54) is 25.7 Å². The van der Waals surface area contributed by atoms with Crippen molar-refractivity contribution in [3.63, 3.8) is 0 Å². The largest absolute Gasteiger partial charge is 0.443 e. The molecular weight excluding hydrogens is 287 g/mol. The van der Waals surface area contributed by atoms with Crippen molar-refractivity contribution in [2.75, 3.05) is 0 Å². The SMILES string of the molecule is CCCCCCCCCC(O)c1cnc(C(F)(F)F)s1. The zero-order valence-electron chi connectivity index (χ0n) is 11.7. The summed E-state index contributed by atoms with van der Waals surface area (Å²) < 4.78 is 37.2. The predicted octanol–water partition coefficient (Wildman–Crippen LogP) is 5.34. The van der Waals surface area contributed by atoms with E-state index in [9.17, 15) is 18.3 Å². The fourth-order valence-electron chi connectivity index (χ4n) is 2.01. The number of aliphatic hydroxyl groups excluding tert-OH is 1. The van der Waals surface area contributed by atoms with Gasteiger partial charge in [-0.3, -0.25) is 0 Å². The smallest absolute Gasteiger partial charge is 0.388 e. The molecule has 1 heterocycles. The van der Waals surface area contributed by atoms with Crippen LogP contribution in [0.4, 0.5) is 13.2 Å². The van der Waals surface area contributed by atoms with Crippen molar-refractivity contribution in [3.8, 4) is 0 Å². The minimum atomic E-state index is -4.41. The third-order valence-electron chi connectivity index (χ3n) is 3.18. The molecule has 1 aromatic heterocycles. The molecule has 1 N–H and O–H groups in total. The van der Waals surface area contributed by atoms with Gasteiger partial charge in [-0.05, 0) is 6.42 Å². The zero-order valence-corrected chi connectivity index (χ0v) is 12.6. The second-order valence-corrected chi connectivity index (χ2v) is 6.05. The fraction of sp³-hybridized carbons (Fsp3) is 0.786. The predicted molar refractivity (Wildman–Crippen MR) is 74.7 cm³/mol. The minimum Gasteiger partial charge on any atom is -0.388 e. The van der Waals surface area contributed by atoms with E-state index in [1.807, 2.05) is 0 Å². The molecule has 1 aromatic rings. The quantitative estimate of drug-likeness (QED) is 0.625. The van der Waals surface area contributed by atoms with Gasteiger partial charge >= 0.3 is 6.18 Å². The molecule has 0 radical (unpaired) electrons. The van der Waals surface area contributed by atoms with Crippen LogP contribution in [0.3, 0.4) is 0 Å². The van der Waals surface area contributed by atoms with Crippen LogP contribution in [-0.4, -0.2) is 10.1 Å². The number of rotatable bonds is 9. The number of thiazole rings is 1. The van der Waals surface area contributed by atoms with Gasteiger partial charge in [0.25, 0.3) is 0 Å². The summed E-state index contributed by atoms with van der Waals surface area (Å²) in [6, 6.07) is 0. The van der Waals surface area contributed by atoms with Crippen molar-refractivity contribution < 1.29 is 18.3 Å². The van der Waals surface area contributed by atoms with Crippen LogP contribution in [0.1, 0.15) is 74.3 Å². The van der Waals surface area contributed by atoms with Crippen molar-refractivity contribution in [1.29, 1.82) is 0 Å². The van der Waals surface area contributed by atoms with E-state index in [-0.39, 0.29) is 0 Å². The summed E-state index contributed by atoms with van der Waals surface area (Å²) in [6.07, 6.45) is 4.30. The zero-order chi connectivity index (χ0) is 15.0. The van der Waals surface area contributed by atoms with Crippen LogP contribution in [0.5, 0.6) is 0 Å². The maximum Gasteiger partial charge on any atom is 0.443 e. The summed E-state index contributed by atoms with van der Waals surface area (Å²) >= 11 is 0.537. The summed E-state index contributed by atoms with van der Waals surface area (Å²) in [5.74, 6) is 0. The third-order valence-corrected chi connectivity index (χ3v) is 4.32. The molecule has 0 aliphatic carbocycles. The Kier molecular flexibility index (Phi) is 7.51. The average molecular weight is 309 g/mol. The molecule has 20 heavy (non-hydrogen) atoms. The molecular formula is C14H22F3NOS. The van der Waals surface area contributed by atoms with Crippen LogP contribution in [0.15, 0.2) is 6.20 Å². The maximum atomic E-state index is 12.4. The summed E-state index contributed by atoms with van der Waals surface area (Å²) in [5.41, 5.74) is 0. The molecule has 116 valence electrons. The summed E-state index contributed by atoms with van der Waals surface area (Å²) in [5, 5.41) is 8.96. The normalized spacial score (nSPS) is 13.7. The Hall–Kier alpha value is -0.620. The molecule has 0 amide bonds. The van der Waals surface area contributed by atoms with Crippen LogP contribution in [0.2, 0.25) is 0 Å². The lowest BCUT2D eigenvalue weighted by Gasteiger charge is -2.07. The van der Waals surface area contributed by atoms with Crippen LogP contribution < -0.4 is 0 Å². The topological polar surface area (TPSA) is 33.1 Å². The number of unbranched alkanes of at least 4 members (excludes halogenated alkanes) is 6. The first-order valence-corrected chi connectivity index (χ1v) is 7.97. The van der Waals surface area contributed by atoms with E-state index in [4.69, 9.17) is 0 Å². The summed E-state index contributed by atoms with van der Waals surface area (Å²) in [7, 11) is 0. The number of aromatic nitrogens is 1. The van der Waals surface area contributed by atoms with Gasteiger partial charge in [-0.15, -0.1) is 11.3 Å². The van der Waals surface area contributed by atoms with Gasteiger partial charge in [0.1, 0.15) is 0 Å². The molecule has 0 aromatic carbocycles. The van der Waals surface area contributed by atoms with Gasteiger partial charge in [-0.1, -0.05) is 51.9 Å². The molecule has 2 nitrogen and oxygen atoms in total. The third kappa shape index (κ3) is 6.22. The number of halogens is 3. The molecule has 0 saturated heterocycles.